The number of carbonyl (C=O) groups excluding carboxylic acids is 1. The number of likely N-dealkylation sites (tertiary alicyclic amines) is 1. The zero-order valence-electron chi connectivity index (χ0n) is 13.2. The zero-order chi connectivity index (χ0) is 16.5. The number of aromatic amines is 1. The molecule has 0 aliphatic carbocycles. The summed E-state index contributed by atoms with van der Waals surface area (Å²) in [5, 5.41) is 0.754. The second-order valence-electron chi connectivity index (χ2n) is 5.79. The number of ether oxygens (including phenoxy) is 1. The van der Waals surface area contributed by atoms with Crippen LogP contribution in [-0.4, -0.2) is 50.5 Å². The lowest BCUT2D eigenvalue weighted by molar-refractivity contribution is 0.0686. The van der Waals surface area contributed by atoms with Crippen LogP contribution >= 0.6 is 0 Å². The molecule has 4 heterocycles. The van der Waals surface area contributed by atoms with Crippen molar-refractivity contribution in [3.05, 3.63) is 54.5 Å². The number of methoxy groups -OCH3 is 1. The van der Waals surface area contributed by atoms with Crippen molar-refractivity contribution in [3.63, 3.8) is 0 Å². The maximum Gasteiger partial charge on any atom is 0.255 e. The van der Waals surface area contributed by atoms with Gasteiger partial charge in [-0.05, 0) is 12.1 Å². The number of carbonyl (C=O) groups is 1. The molecule has 1 amide bonds. The van der Waals surface area contributed by atoms with Crippen molar-refractivity contribution < 1.29 is 9.53 Å². The molecule has 1 N–H and O–H groups in total. The fourth-order valence-corrected chi connectivity index (χ4v) is 3.24. The van der Waals surface area contributed by atoms with Gasteiger partial charge in [-0.1, -0.05) is 0 Å². The molecule has 7 nitrogen and oxygen atoms in total. The Labute approximate surface area is 138 Å². The molecule has 1 saturated heterocycles. The standard InChI is InChI=1S/C17H17N5O2/c1-24-11-8-15(16-20-6-7-21-16)22(10-11)17(23)12-2-5-19-14-3-4-18-9-13(12)14/h2-7,9,11,15H,8,10H2,1H3,(H,20,21)/t11-,15?/m1/s1. The SMILES string of the molecule is CO[C@@H]1CC(c2ncc[nH]2)N(C(=O)c2ccnc3ccncc23)C1. The van der Waals surface area contributed by atoms with Gasteiger partial charge < -0.3 is 14.6 Å². The molecule has 0 spiro atoms. The summed E-state index contributed by atoms with van der Waals surface area (Å²) in [6, 6.07) is 3.42. The van der Waals surface area contributed by atoms with E-state index >= 15 is 0 Å². The summed E-state index contributed by atoms with van der Waals surface area (Å²) in [5.74, 6) is 0.718. The summed E-state index contributed by atoms with van der Waals surface area (Å²) in [7, 11) is 1.67. The third-order valence-electron chi connectivity index (χ3n) is 4.47. The van der Waals surface area contributed by atoms with Crippen molar-refractivity contribution in [2.75, 3.05) is 13.7 Å². The number of hydrogen-bond acceptors (Lipinski definition) is 5. The molecule has 0 bridgehead atoms. The van der Waals surface area contributed by atoms with Crippen LogP contribution in [0.4, 0.5) is 0 Å². The molecular weight excluding hydrogens is 306 g/mol. The van der Waals surface area contributed by atoms with Crippen LogP contribution in [0.15, 0.2) is 43.1 Å². The van der Waals surface area contributed by atoms with Gasteiger partial charge in [0.25, 0.3) is 5.91 Å². The Morgan fingerprint density at radius 3 is 3.00 bits per heavy atom. The van der Waals surface area contributed by atoms with Crippen LogP contribution in [-0.2, 0) is 4.74 Å². The molecule has 7 heteroatoms. The lowest BCUT2D eigenvalue weighted by Crippen LogP contribution is -2.32. The molecular formula is C17H17N5O2. The van der Waals surface area contributed by atoms with Gasteiger partial charge in [-0.15, -0.1) is 0 Å². The Bertz CT molecular complexity index is 859. The highest BCUT2D eigenvalue weighted by Crippen LogP contribution is 2.33. The largest absolute Gasteiger partial charge is 0.380 e. The minimum Gasteiger partial charge on any atom is -0.380 e. The predicted octanol–water partition coefficient (Wildman–Crippen LogP) is 1.96. The van der Waals surface area contributed by atoms with E-state index in [1.807, 2.05) is 4.90 Å². The van der Waals surface area contributed by atoms with E-state index in [2.05, 4.69) is 19.9 Å². The van der Waals surface area contributed by atoms with E-state index in [4.69, 9.17) is 4.74 Å². The van der Waals surface area contributed by atoms with Crippen molar-refractivity contribution in [1.82, 2.24) is 24.8 Å². The highest BCUT2D eigenvalue weighted by atomic mass is 16.5. The fraction of sp³-hybridized carbons (Fsp3) is 0.294. The number of nitrogens with zero attached hydrogens (tertiary/aromatic N) is 4. The van der Waals surface area contributed by atoms with E-state index in [1.165, 1.54) is 0 Å². The highest BCUT2D eigenvalue weighted by molar-refractivity contribution is 6.05. The molecule has 1 aliphatic rings. The molecule has 0 saturated carbocycles. The maximum absolute atomic E-state index is 13.2. The van der Waals surface area contributed by atoms with Gasteiger partial charge in [-0.25, -0.2) is 4.98 Å². The Morgan fingerprint density at radius 1 is 1.29 bits per heavy atom. The Hall–Kier alpha value is -2.80. The minimum absolute atomic E-state index is 0.00437. The van der Waals surface area contributed by atoms with E-state index in [0.29, 0.717) is 12.1 Å². The van der Waals surface area contributed by atoms with Gasteiger partial charge in [0.15, 0.2) is 0 Å². The molecule has 0 radical (unpaired) electrons. The average Bonchev–Trinajstić information content (AvgIpc) is 3.29. The molecule has 1 unspecified atom stereocenters. The molecule has 4 rings (SSSR count). The maximum atomic E-state index is 13.2. The summed E-state index contributed by atoms with van der Waals surface area (Å²) in [5.41, 5.74) is 1.36. The number of pyridine rings is 2. The van der Waals surface area contributed by atoms with Crippen LogP contribution in [0.25, 0.3) is 10.9 Å². The van der Waals surface area contributed by atoms with Gasteiger partial charge in [0.1, 0.15) is 5.82 Å². The lowest BCUT2D eigenvalue weighted by atomic mass is 10.1. The summed E-state index contributed by atoms with van der Waals surface area (Å²) in [6.07, 6.45) is 9.19. The van der Waals surface area contributed by atoms with E-state index in [1.54, 1.807) is 50.2 Å². The van der Waals surface area contributed by atoms with Gasteiger partial charge in [0.2, 0.25) is 0 Å². The van der Waals surface area contributed by atoms with Crippen molar-refractivity contribution in [3.8, 4) is 0 Å². The van der Waals surface area contributed by atoms with Crippen molar-refractivity contribution >= 4 is 16.8 Å². The van der Waals surface area contributed by atoms with E-state index in [0.717, 1.165) is 23.1 Å². The third kappa shape index (κ3) is 2.43. The Kier molecular flexibility index (Phi) is 3.70. The number of rotatable bonds is 3. The summed E-state index contributed by atoms with van der Waals surface area (Å²) >= 11 is 0. The molecule has 122 valence electrons. The first-order chi connectivity index (χ1) is 11.8. The van der Waals surface area contributed by atoms with Gasteiger partial charge >= 0.3 is 0 Å². The third-order valence-corrected chi connectivity index (χ3v) is 4.47. The molecule has 3 aromatic rings. The van der Waals surface area contributed by atoms with Crippen LogP contribution in [0.2, 0.25) is 0 Å². The van der Waals surface area contributed by atoms with Gasteiger partial charge in [0, 0.05) is 56.4 Å². The quantitative estimate of drug-likeness (QED) is 0.796. The molecule has 2 atom stereocenters. The van der Waals surface area contributed by atoms with Crippen LogP contribution in [0.3, 0.4) is 0 Å². The van der Waals surface area contributed by atoms with Crippen LogP contribution in [0, 0.1) is 0 Å². The van der Waals surface area contributed by atoms with E-state index in [-0.39, 0.29) is 18.1 Å². The van der Waals surface area contributed by atoms with Crippen molar-refractivity contribution in [2.24, 2.45) is 0 Å². The van der Waals surface area contributed by atoms with E-state index < -0.39 is 0 Å². The first-order valence-electron chi connectivity index (χ1n) is 7.79. The number of fused-ring (bicyclic) bond motifs is 1. The first-order valence-corrected chi connectivity index (χ1v) is 7.79. The number of aromatic nitrogens is 4. The molecule has 1 fully saturated rings. The smallest absolute Gasteiger partial charge is 0.255 e. The van der Waals surface area contributed by atoms with E-state index in [9.17, 15) is 4.79 Å². The fourth-order valence-electron chi connectivity index (χ4n) is 3.24. The molecule has 1 aliphatic heterocycles. The molecule has 24 heavy (non-hydrogen) atoms. The predicted molar refractivity (Wildman–Crippen MR) is 87.3 cm³/mol. The highest BCUT2D eigenvalue weighted by Gasteiger charge is 2.38. The number of imidazole rings is 1. The monoisotopic (exact) mass is 323 g/mol. The lowest BCUT2D eigenvalue weighted by Gasteiger charge is -2.23. The van der Waals surface area contributed by atoms with Crippen molar-refractivity contribution in [1.29, 1.82) is 0 Å². The zero-order valence-corrected chi connectivity index (χ0v) is 13.2. The van der Waals surface area contributed by atoms with Crippen molar-refractivity contribution in [2.45, 2.75) is 18.6 Å². The molecule has 3 aromatic heterocycles. The second kappa shape index (κ2) is 6.01. The van der Waals surface area contributed by atoms with Gasteiger partial charge in [-0.3, -0.25) is 14.8 Å². The summed E-state index contributed by atoms with van der Waals surface area (Å²) in [4.78, 5) is 30.9. The van der Waals surface area contributed by atoms with Crippen LogP contribution in [0.1, 0.15) is 28.6 Å². The average molecular weight is 323 g/mol. The number of hydrogen-bond donors (Lipinski definition) is 1. The minimum atomic E-state index is -0.127. The summed E-state index contributed by atoms with van der Waals surface area (Å²) in [6.45, 7) is 0.533. The topological polar surface area (TPSA) is 84.0 Å². The normalized spacial score (nSPS) is 20.6. The molecule has 0 aromatic carbocycles. The number of nitrogens with one attached hydrogen (secondary N) is 1. The van der Waals surface area contributed by atoms with Gasteiger partial charge in [0.05, 0.1) is 23.2 Å². The number of H-pyrrole nitrogens is 1. The Morgan fingerprint density at radius 2 is 2.21 bits per heavy atom. The van der Waals surface area contributed by atoms with Crippen LogP contribution < -0.4 is 0 Å². The Balaban J connectivity index is 1.74. The van der Waals surface area contributed by atoms with Gasteiger partial charge in [-0.2, -0.15) is 0 Å². The summed E-state index contributed by atoms with van der Waals surface area (Å²) < 4.78 is 5.48. The first kappa shape index (κ1) is 14.8. The van der Waals surface area contributed by atoms with Crippen LogP contribution in [0.5, 0.6) is 0 Å². The number of amides is 1. The second-order valence-corrected chi connectivity index (χ2v) is 5.79.